The summed E-state index contributed by atoms with van der Waals surface area (Å²) in [5, 5.41) is 19.2. The van der Waals surface area contributed by atoms with Crippen molar-refractivity contribution in [3.8, 4) is 5.75 Å². The highest BCUT2D eigenvalue weighted by atomic mass is 16.5. The second-order valence-electron chi connectivity index (χ2n) is 4.38. The van der Waals surface area contributed by atoms with Crippen molar-refractivity contribution < 1.29 is 24.5 Å². The van der Waals surface area contributed by atoms with E-state index in [-0.39, 0.29) is 5.57 Å². The Morgan fingerprint density at radius 1 is 1.40 bits per heavy atom. The fraction of sp³-hybridized carbons (Fsp3) is 0.286. The van der Waals surface area contributed by atoms with Crippen molar-refractivity contribution in [2.45, 2.75) is 13.0 Å². The predicted molar refractivity (Wildman–Crippen MR) is 70.0 cm³/mol. The lowest BCUT2D eigenvalue weighted by molar-refractivity contribution is -0.133. The summed E-state index contributed by atoms with van der Waals surface area (Å²) in [7, 11) is 1.47. The van der Waals surface area contributed by atoms with E-state index >= 15 is 0 Å². The molecule has 0 saturated heterocycles. The molecule has 1 atom stereocenters. The van der Waals surface area contributed by atoms with Gasteiger partial charge in [0.2, 0.25) is 0 Å². The molecule has 0 saturated carbocycles. The lowest BCUT2D eigenvalue weighted by Crippen LogP contribution is -2.32. The molecule has 1 heterocycles. The van der Waals surface area contributed by atoms with Crippen molar-refractivity contribution in [1.82, 2.24) is 4.90 Å². The van der Waals surface area contributed by atoms with E-state index in [1.807, 2.05) is 0 Å². The van der Waals surface area contributed by atoms with E-state index in [9.17, 15) is 19.8 Å². The Kier molecular flexibility index (Phi) is 3.76. The number of ketones is 1. The van der Waals surface area contributed by atoms with Gasteiger partial charge in [-0.1, -0.05) is 18.2 Å². The van der Waals surface area contributed by atoms with Crippen LogP contribution in [0.2, 0.25) is 0 Å². The minimum Gasteiger partial charge on any atom is -0.503 e. The standard InChI is InChI=1S/C14H15NO5/c1-8(17)11-12(15(7-16)14(19)13(11)18)9-5-3-4-6-10(9)20-2/h3-6,12,16,18H,7H2,1-2H3/t12-/m1/s1. The van der Waals surface area contributed by atoms with Crippen molar-refractivity contribution in [3.63, 3.8) is 0 Å². The van der Waals surface area contributed by atoms with Crippen LogP contribution in [-0.4, -0.2) is 40.6 Å². The highest BCUT2D eigenvalue weighted by molar-refractivity contribution is 6.08. The molecule has 106 valence electrons. The van der Waals surface area contributed by atoms with Gasteiger partial charge in [0.1, 0.15) is 12.5 Å². The highest BCUT2D eigenvalue weighted by Gasteiger charge is 2.43. The molecule has 0 spiro atoms. The summed E-state index contributed by atoms with van der Waals surface area (Å²) in [5.41, 5.74) is 0.500. The van der Waals surface area contributed by atoms with Crippen LogP contribution >= 0.6 is 0 Å². The molecule has 0 aromatic heterocycles. The van der Waals surface area contributed by atoms with Crippen molar-refractivity contribution in [2.24, 2.45) is 0 Å². The van der Waals surface area contributed by atoms with Gasteiger partial charge in [0.05, 0.1) is 18.7 Å². The quantitative estimate of drug-likeness (QED) is 0.855. The van der Waals surface area contributed by atoms with E-state index in [0.29, 0.717) is 11.3 Å². The molecule has 2 N–H and O–H groups in total. The molecule has 6 heteroatoms. The summed E-state index contributed by atoms with van der Waals surface area (Å²) in [6.07, 6.45) is 0. The maximum Gasteiger partial charge on any atom is 0.291 e. The van der Waals surface area contributed by atoms with Gasteiger partial charge in [-0.25, -0.2) is 0 Å². The molecule has 1 aromatic carbocycles. The third-order valence-electron chi connectivity index (χ3n) is 3.27. The number of para-hydroxylation sites is 1. The zero-order valence-corrected chi connectivity index (χ0v) is 11.2. The van der Waals surface area contributed by atoms with E-state index in [1.54, 1.807) is 24.3 Å². The largest absolute Gasteiger partial charge is 0.503 e. The number of ether oxygens (including phenoxy) is 1. The molecule has 0 bridgehead atoms. The number of methoxy groups -OCH3 is 1. The second-order valence-corrected chi connectivity index (χ2v) is 4.38. The van der Waals surface area contributed by atoms with Gasteiger partial charge in [0, 0.05) is 5.56 Å². The molecule has 2 rings (SSSR count). The maximum atomic E-state index is 11.9. The van der Waals surface area contributed by atoms with Crippen molar-refractivity contribution in [2.75, 3.05) is 13.8 Å². The summed E-state index contributed by atoms with van der Waals surface area (Å²) >= 11 is 0. The van der Waals surface area contributed by atoms with Crippen LogP contribution in [0, 0.1) is 0 Å². The number of carbonyl (C=O) groups is 2. The number of amides is 1. The van der Waals surface area contributed by atoms with Crippen LogP contribution in [-0.2, 0) is 9.59 Å². The third kappa shape index (κ3) is 2.04. The van der Waals surface area contributed by atoms with Crippen LogP contribution in [0.25, 0.3) is 0 Å². The molecule has 0 fully saturated rings. The molecule has 1 aliphatic heterocycles. The zero-order chi connectivity index (χ0) is 14.9. The predicted octanol–water partition coefficient (Wildman–Crippen LogP) is 0.929. The van der Waals surface area contributed by atoms with E-state index < -0.39 is 30.2 Å². The number of aliphatic hydroxyl groups excluding tert-OH is 2. The van der Waals surface area contributed by atoms with Crippen LogP contribution in [0.15, 0.2) is 35.6 Å². The van der Waals surface area contributed by atoms with Gasteiger partial charge in [0.25, 0.3) is 5.91 Å². The smallest absolute Gasteiger partial charge is 0.291 e. The van der Waals surface area contributed by atoms with Gasteiger partial charge < -0.3 is 19.8 Å². The SMILES string of the molecule is COc1ccccc1[C@@H]1C(C(C)=O)=C(O)C(=O)N1CO. The van der Waals surface area contributed by atoms with Gasteiger partial charge in [-0.2, -0.15) is 0 Å². The van der Waals surface area contributed by atoms with E-state index in [2.05, 4.69) is 0 Å². The monoisotopic (exact) mass is 277 g/mol. The summed E-state index contributed by atoms with van der Waals surface area (Å²) < 4.78 is 5.21. The average molecular weight is 277 g/mol. The fourth-order valence-corrected chi connectivity index (χ4v) is 2.37. The lowest BCUT2D eigenvalue weighted by Gasteiger charge is -2.25. The van der Waals surface area contributed by atoms with E-state index in [1.165, 1.54) is 14.0 Å². The molecule has 0 radical (unpaired) electrons. The molecule has 1 aliphatic rings. The topological polar surface area (TPSA) is 87.1 Å². The minimum atomic E-state index is -0.846. The number of Topliss-reactive ketones (excluding diaryl/α,β-unsaturated/α-hetero) is 1. The number of carbonyl (C=O) groups excluding carboxylic acids is 2. The lowest BCUT2D eigenvalue weighted by atomic mass is 9.96. The number of aliphatic hydroxyl groups is 2. The molecule has 0 unspecified atom stereocenters. The first-order valence-corrected chi connectivity index (χ1v) is 6.01. The van der Waals surface area contributed by atoms with Crippen molar-refractivity contribution >= 4 is 11.7 Å². The van der Waals surface area contributed by atoms with Crippen LogP contribution in [0.1, 0.15) is 18.5 Å². The van der Waals surface area contributed by atoms with E-state index in [4.69, 9.17) is 4.74 Å². The Morgan fingerprint density at radius 3 is 2.60 bits per heavy atom. The number of rotatable bonds is 4. The van der Waals surface area contributed by atoms with Gasteiger partial charge in [-0.05, 0) is 13.0 Å². The Hall–Kier alpha value is -2.34. The number of benzene rings is 1. The second kappa shape index (κ2) is 5.34. The molecular formula is C14H15NO5. The van der Waals surface area contributed by atoms with Gasteiger partial charge in [-0.3, -0.25) is 9.59 Å². The van der Waals surface area contributed by atoms with Crippen molar-refractivity contribution in [1.29, 1.82) is 0 Å². The Balaban J connectivity index is 2.62. The molecule has 20 heavy (non-hydrogen) atoms. The van der Waals surface area contributed by atoms with Crippen molar-refractivity contribution in [3.05, 3.63) is 41.2 Å². The van der Waals surface area contributed by atoms with Crippen LogP contribution in [0.3, 0.4) is 0 Å². The first kappa shape index (κ1) is 14.1. The third-order valence-corrected chi connectivity index (χ3v) is 3.27. The Bertz CT molecular complexity index is 593. The highest BCUT2D eigenvalue weighted by Crippen LogP contribution is 2.40. The maximum absolute atomic E-state index is 11.9. The van der Waals surface area contributed by atoms with Crippen LogP contribution < -0.4 is 4.74 Å². The summed E-state index contributed by atoms with van der Waals surface area (Å²) in [6, 6.07) is 5.99. The Labute approximate surface area is 115 Å². The summed E-state index contributed by atoms with van der Waals surface area (Å²) in [6.45, 7) is 0.657. The minimum absolute atomic E-state index is 0.0337. The number of hydrogen-bond acceptors (Lipinski definition) is 5. The zero-order valence-electron chi connectivity index (χ0n) is 11.2. The van der Waals surface area contributed by atoms with Gasteiger partial charge in [0.15, 0.2) is 11.5 Å². The first-order chi connectivity index (χ1) is 9.52. The molecule has 6 nitrogen and oxygen atoms in total. The van der Waals surface area contributed by atoms with E-state index in [0.717, 1.165) is 4.90 Å². The molecular weight excluding hydrogens is 262 g/mol. The van der Waals surface area contributed by atoms with Crippen LogP contribution in [0.4, 0.5) is 0 Å². The molecule has 0 aliphatic carbocycles. The normalized spacial score (nSPS) is 18.6. The summed E-state index contributed by atoms with van der Waals surface area (Å²) in [5.74, 6) is -1.35. The summed E-state index contributed by atoms with van der Waals surface area (Å²) in [4.78, 5) is 24.6. The average Bonchev–Trinajstić information content (AvgIpc) is 2.70. The number of hydrogen-bond donors (Lipinski definition) is 2. The molecule has 1 amide bonds. The number of nitrogens with zero attached hydrogens (tertiary/aromatic N) is 1. The fourth-order valence-electron chi connectivity index (χ4n) is 2.37. The molecule has 1 aromatic rings. The van der Waals surface area contributed by atoms with Gasteiger partial charge >= 0.3 is 0 Å². The first-order valence-electron chi connectivity index (χ1n) is 6.01. The van der Waals surface area contributed by atoms with Gasteiger partial charge in [-0.15, -0.1) is 0 Å². The van der Waals surface area contributed by atoms with Crippen LogP contribution in [0.5, 0.6) is 5.75 Å². The Morgan fingerprint density at radius 2 is 2.05 bits per heavy atom.